The monoisotopic (exact) mass is 316 g/mol. The van der Waals surface area contributed by atoms with E-state index >= 15 is 0 Å². The molecule has 0 bridgehead atoms. The zero-order valence-corrected chi connectivity index (χ0v) is 14.0. The Morgan fingerprint density at radius 3 is 2.26 bits per heavy atom. The lowest BCUT2D eigenvalue weighted by Crippen LogP contribution is -2.38. The van der Waals surface area contributed by atoms with Crippen LogP contribution in [0.1, 0.15) is 42.9 Å². The molecular formula is C18H24N2O3. The highest BCUT2D eigenvalue weighted by molar-refractivity contribution is 6.02. The van der Waals surface area contributed by atoms with Gasteiger partial charge in [-0.2, -0.15) is 0 Å². The van der Waals surface area contributed by atoms with Gasteiger partial charge in [-0.05, 0) is 32.8 Å². The Labute approximate surface area is 137 Å². The van der Waals surface area contributed by atoms with Crippen LogP contribution < -0.4 is 5.32 Å². The standard InChI is InChI=1S/C18H24N2O3/c1-12-8-13(2)10-15(9-12)11-14(3)19-16(21)6-7-20-17(22)4-5-18(20)23/h8-10,14H,4-7,11H2,1-3H3,(H,19,21). The summed E-state index contributed by atoms with van der Waals surface area (Å²) in [5.41, 5.74) is 3.62. The molecule has 5 heteroatoms. The number of rotatable bonds is 6. The van der Waals surface area contributed by atoms with Crippen molar-refractivity contribution in [3.05, 3.63) is 34.9 Å². The predicted octanol–water partition coefficient (Wildman–Crippen LogP) is 1.89. The van der Waals surface area contributed by atoms with E-state index in [1.807, 2.05) is 6.92 Å². The molecule has 0 saturated carbocycles. The molecular weight excluding hydrogens is 292 g/mol. The molecule has 1 aliphatic heterocycles. The number of carbonyl (C=O) groups excluding carboxylic acids is 3. The maximum Gasteiger partial charge on any atom is 0.229 e. The first-order valence-electron chi connectivity index (χ1n) is 8.05. The van der Waals surface area contributed by atoms with Gasteiger partial charge in [0.25, 0.3) is 0 Å². The van der Waals surface area contributed by atoms with E-state index in [4.69, 9.17) is 0 Å². The normalized spacial score (nSPS) is 15.9. The third kappa shape index (κ3) is 4.91. The Bertz CT molecular complexity index is 588. The number of benzene rings is 1. The Morgan fingerprint density at radius 1 is 1.13 bits per heavy atom. The van der Waals surface area contributed by atoms with Crippen molar-refractivity contribution >= 4 is 17.7 Å². The molecule has 23 heavy (non-hydrogen) atoms. The molecule has 1 unspecified atom stereocenters. The van der Waals surface area contributed by atoms with E-state index in [9.17, 15) is 14.4 Å². The SMILES string of the molecule is Cc1cc(C)cc(CC(C)NC(=O)CCN2C(=O)CCC2=O)c1. The van der Waals surface area contributed by atoms with Gasteiger partial charge in [-0.1, -0.05) is 29.3 Å². The van der Waals surface area contributed by atoms with Gasteiger partial charge in [0.2, 0.25) is 17.7 Å². The number of hydrogen-bond acceptors (Lipinski definition) is 3. The molecule has 0 radical (unpaired) electrons. The summed E-state index contributed by atoms with van der Waals surface area (Å²) in [5.74, 6) is -0.480. The number of nitrogens with zero attached hydrogens (tertiary/aromatic N) is 1. The topological polar surface area (TPSA) is 66.5 Å². The molecule has 1 N–H and O–H groups in total. The van der Waals surface area contributed by atoms with Crippen molar-refractivity contribution in [1.82, 2.24) is 10.2 Å². The number of likely N-dealkylation sites (tertiary alicyclic amines) is 1. The van der Waals surface area contributed by atoms with E-state index in [-0.39, 0.29) is 49.6 Å². The second-order valence-corrected chi connectivity index (χ2v) is 6.36. The van der Waals surface area contributed by atoms with Crippen molar-refractivity contribution in [1.29, 1.82) is 0 Å². The summed E-state index contributed by atoms with van der Waals surface area (Å²) in [4.78, 5) is 36.2. The molecule has 0 aliphatic carbocycles. The molecule has 3 amide bonds. The Kier molecular flexibility index (Phi) is 5.53. The van der Waals surface area contributed by atoms with Gasteiger partial charge in [0.15, 0.2) is 0 Å². The number of carbonyl (C=O) groups is 3. The summed E-state index contributed by atoms with van der Waals surface area (Å²) < 4.78 is 0. The highest BCUT2D eigenvalue weighted by atomic mass is 16.2. The smallest absolute Gasteiger partial charge is 0.229 e. The summed E-state index contributed by atoms with van der Waals surface area (Å²) in [6.45, 7) is 6.26. The van der Waals surface area contributed by atoms with E-state index in [1.54, 1.807) is 0 Å². The van der Waals surface area contributed by atoms with Crippen LogP contribution in [0.5, 0.6) is 0 Å². The average Bonchev–Trinajstić information content (AvgIpc) is 2.74. The van der Waals surface area contributed by atoms with Crippen molar-refractivity contribution in [3.63, 3.8) is 0 Å². The second-order valence-electron chi connectivity index (χ2n) is 6.36. The quantitative estimate of drug-likeness (QED) is 0.815. The number of imide groups is 1. The Balaban J connectivity index is 1.80. The predicted molar refractivity (Wildman–Crippen MR) is 87.8 cm³/mol. The zero-order chi connectivity index (χ0) is 17.0. The molecule has 0 spiro atoms. The lowest BCUT2D eigenvalue weighted by Gasteiger charge is -2.17. The highest BCUT2D eigenvalue weighted by Gasteiger charge is 2.28. The molecule has 2 rings (SSSR count). The molecule has 124 valence electrons. The number of amides is 3. The summed E-state index contributed by atoms with van der Waals surface area (Å²) in [6.07, 6.45) is 1.46. The van der Waals surface area contributed by atoms with E-state index in [1.165, 1.54) is 21.6 Å². The molecule has 1 aliphatic rings. The van der Waals surface area contributed by atoms with Gasteiger partial charge < -0.3 is 5.32 Å². The van der Waals surface area contributed by atoms with Gasteiger partial charge in [-0.15, -0.1) is 0 Å². The Hall–Kier alpha value is -2.17. The van der Waals surface area contributed by atoms with E-state index < -0.39 is 0 Å². The van der Waals surface area contributed by atoms with Crippen molar-refractivity contribution in [3.8, 4) is 0 Å². The van der Waals surface area contributed by atoms with Crippen LogP contribution in [0.15, 0.2) is 18.2 Å². The molecule has 1 saturated heterocycles. The van der Waals surface area contributed by atoms with Crippen LogP contribution in [0.2, 0.25) is 0 Å². The van der Waals surface area contributed by atoms with Gasteiger partial charge in [-0.25, -0.2) is 0 Å². The number of aryl methyl sites for hydroxylation is 2. The minimum atomic E-state index is -0.175. The van der Waals surface area contributed by atoms with Crippen LogP contribution in [-0.4, -0.2) is 35.2 Å². The molecule has 1 heterocycles. The van der Waals surface area contributed by atoms with Crippen LogP contribution in [0.25, 0.3) is 0 Å². The molecule has 1 fully saturated rings. The van der Waals surface area contributed by atoms with Gasteiger partial charge in [0.05, 0.1) is 0 Å². The lowest BCUT2D eigenvalue weighted by atomic mass is 10.0. The molecule has 1 atom stereocenters. The van der Waals surface area contributed by atoms with Crippen molar-refractivity contribution in [2.24, 2.45) is 0 Å². The van der Waals surface area contributed by atoms with Crippen LogP contribution in [-0.2, 0) is 20.8 Å². The zero-order valence-electron chi connectivity index (χ0n) is 14.0. The van der Waals surface area contributed by atoms with E-state index in [0.717, 1.165) is 6.42 Å². The summed E-state index contributed by atoms with van der Waals surface area (Å²) >= 11 is 0. The van der Waals surface area contributed by atoms with Crippen LogP contribution in [0, 0.1) is 13.8 Å². The van der Waals surface area contributed by atoms with Crippen molar-refractivity contribution in [2.45, 2.75) is 52.5 Å². The highest BCUT2D eigenvalue weighted by Crippen LogP contribution is 2.13. The summed E-state index contributed by atoms with van der Waals surface area (Å²) in [5, 5.41) is 2.93. The van der Waals surface area contributed by atoms with Gasteiger partial charge in [0, 0.05) is 31.8 Å². The Morgan fingerprint density at radius 2 is 1.70 bits per heavy atom. The number of nitrogens with one attached hydrogen (secondary N) is 1. The molecule has 1 aromatic rings. The third-order valence-electron chi connectivity index (χ3n) is 3.95. The van der Waals surface area contributed by atoms with Gasteiger partial charge in [-0.3, -0.25) is 19.3 Å². The molecule has 0 aromatic heterocycles. The molecule has 1 aromatic carbocycles. The van der Waals surface area contributed by atoms with Crippen LogP contribution in [0.4, 0.5) is 0 Å². The third-order valence-corrected chi connectivity index (χ3v) is 3.95. The van der Waals surface area contributed by atoms with E-state index in [2.05, 4.69) is 37.4 Å². The van der Waals surface area contributed by atoms with Crippen molar-refractivity contribution in [2.75, 3.05) is 6.54 Å². The fraction of sp³-hybridized carbons (Fsp3) is 0.500. The fourth-order valence-electron chi connectivity index (χ4n) is 3.02. The maximum absolute atomic E-state index is 12.0. The van der Waals surface area contributed by atoms with Crippen LogP contribution in [0.3, 0.4) is 0 Å². The summed E-state index contributed by atoms with van der Waals surface area (Å²) in [7, 11) is 0. The first kappa shape index (κ1) is 17.2. The van der Waals surface area contributed by atoms with E-state index in [0.29, 0.717) is 0 Å². The number of hydrogen-bond donors (Lipinski definition) is 1. The maximum atomic E-state index is 12.0. The van der Waals surface area contributed by atoms with Crippen LogP contribution >= 0.6 is 0 Å². The first-order chi connectivity index (χ1) is 10.8. The second kappa shape index (κ2) is 7.40. The largest absolute Gasteiger partial charge is 0.353 e. The first-order valence-corrected chi connectivity index (χ1v) is 8.05. The van der Waals surface area contributed by atoms with Crippen molar-refractivity contribution < 1.29 is 14.4 Å². The van der Waals surface area contributed by atoms with Gasteiger partial charge >= 0.3 is 0 Å². The fourth-order valence-corrected chi connectivity index (χ4v) is 3.02. The minimum Gasteiger partial charge on any atom is -0.353 e. The minimum absolute atomic E-state index is 0.00804. The van der Waals surface area contributed by atoms with Gasteiger partial charge in [0.1, 0.15) is 0 Å². The average molecular weight is 316 g/mol. The lowest BCUT2D eigenvalue weighted by molar-refractivity contribution is -0.138. The molecule has 5 nitrogen and oxygen atoms in total. The summed E-state index contributed by atoms with van der Waals surface area (Å²) in [6, 6.07) is 6.37.